The molecule has 1 aromatic heterocycles. The average molecular weight is 292 g/mol. The van der Waals surface area contributed by atoms with Crippen LogP contribution in [-0.2, 0) is 0 Å². The Labute approximate surface area is 103 Å². The lowest BCUT2D eigenvalue weighted by Gasteiger charge is -2.16. The molecule has 1 heterocycles. The van der Waals surface area contributed by atoms with Crippen LogP contribution in [0.4, 0.5) is 8.78 Å². The predicted octanol–water partition coefficient (Wildman–Crippen LogP) is 5.03. The lowest BCUT2D eigenvalue weighted by Crippen LogP contribution is -2.04. The Morgan fingerprint density at radius 3 is 2.06 bits per heavy atom. The van der Waals surface area contributed by atoms with E-state index in [0.29, 0.717) is 5.69 Å². The summed E-state index contributed by atoms with van der Waals surface area (Å²) in [5.41, 5.74) is 1.48. The van der Waals surface area contributed by atoms with Crippen LogP contribution in [0.5, 0.6) is 0 Å². The Morgan fingerprint density at radius 1 is 1.12 bits per heavy atom. The number of nitrogens with zero attached hydrogens (tertiary/aromatic N) is 1. The fourth-order valence-electron chi connectivity index (χ4n) is 1.51. The van der Waals surface area contributed by atoms with Crippen molar-refractivity contribution >= 4 is 15.9 Å². The SMILES string of the molecule is CC(C)c1cc(C(F)F)nc(C(C)C)c1Br. The zero-order chi connectivity index (χ0) is 12.5. The van der Waals surface area contributed by atoms with Crippen LogP contribution >= 0.6 is 15.9 Å². The molecular formula is C12H16BrF2N. The van der Waals surface area contributed by atoms with Gasteiger partial charge in [-0.05, 0) is 39.4 Å². The zero-order valence-corrected chi connectivity index (χ0v) is 11.5. The topological polar surface area (TPSA) is 12.9 Å². The van der Waals surface area contributed by atoms with Gasteiger partial charge >= 0.3 is 0 Å². The number of halogens is 3. The summed E-state index contributed by atoms with van der Waals surface area (Å²) in [6.07, 6.45) is -2.51. The van der Waals surface area contributed by atoms with Crippen molar-refractivity contribution in [1.29, 1.82) is 0 Å². The summed E-state index contributed by atoms with van der Waals surface area (Å²) in [5, 5.41) is 0. The Morgan fingerprint density at radius 2 is 1.69 bits per heavy atom. The van der Waals surface area contributed by atoms with Crippen LogP contribution in [0.2, 0.25) is 0 Å². The monoisotopic (exact) mass is 291 g/mol. The fraction of sp³-hybridized carbons (Fsp3) is 0.583. The number of hydrogen-bond acceptors (Lipinski definition) is 1. The molecule has 1 rings (SSSR count). The van der Waals surface area contributed by atoms with Gasteiger partial charge in [0.1, 0.15) is 5.69 Å². The second-order valence-electron chi connectivity index (χ2n) is 4.45. The Balaban J connectivity index is 3.39. The van der Waals surface area contributed by atoms with Crippen molar-refractivity contribution in [3.05, 3.63) is 27.5 Å². The molecule has 0 aromatic carbocycles. The van der Waals surface area contributed by atoms with Crippen molar-refractivity contribution in [3.8, 4) is 0 Å². The molecule has 0 aliphatic rings. The molecule has 0 unspecified atom stereocenters. The quantitative estimate of drug-likeness (QED) is 0.761. The van der Waals surface area contributed by atoms with Gasteiger partial charge in [-0.2, -0.15) is 0 Å². The van der Waals surface area contributed by atoms with Gasteiger partial charge < -0.3 is 0 Å². The van der Waals surface area contributed by atoms with Crippen LogP contribution in [0.3, 0.4) is 0 Å². The molecule has 0 amide bonds. The first-order chi connectivity index (χ1) is 7.34. The predicted molar refractivity (Wildman–Crippen MR) is 65.1 cm³/mol. The molecule has 90 valence electrons. The summed E-state index contributed by atoms with van der Waals surface area (Å²) < 4.78 is 26.3. The highest BCUT2D eigenvalue weighted by atomic mass is 79.9. The number of hydrogen-bond donors (Lipinski definition) is 0. The van der Waals surface area contributed by atoms with E-state index in [-0.39, 0.29) is 17.5 Å². The molecule has 0 saturated heterocycles. The smallest absolute Gasteiger partial charge is 0.250 e. The lowest BCUT2D eigenvalue weighted by atomic mass is 9.99. The molecule has 4 heteroatoms. The molecule has 16 heavy (non-hydrogen) atoms. The van der Waals surface area contributed by atoms with Crippen molar-refractivity contribution < 1.29 is 8.78 Å². The van der Waals surface area contributed by atoms with E-state index in [1.165, 1.54) is 6.07 Å². The highest BCUT2D eigenvalue weighted by Gasteiger charge is 2.19. The summed E-state index contributed by atoms with van der Waals surface area (Å²) >= 11 is 3.46. The normalized spacial score (nSPS) is 11.9. The van der Waals surface area contributed by atoms with E-state index in [4.69, 9.17) is 0 Å². The van der Waals surface area contributed by atoms with Crippen molar-refractivity contribution in [2.24, 2.45) is 0 Å². The molecule has 1 nitrogen and oxygen atoms in total. The lowest BCUT2D eigenvalue weighted by molar-refractivity contribution is 0.145. The van der Waals surface area contributed by atoms with Gasteiger partial charge in [0.05, 0.1) is 5.69 Å². The number of alkyl halides is 2. The molecule has 0 aliphatic carbocycles. The van der Waals surface area contributed by atoms with E-state index in [0.717, 1.165) is 10.0 Å². The van der Waals surface area contributed by atoms with Crippen LogP contribution in [0.1, 0.15) is 62.9 Å². The highest BCUT2D eigenvalue weighted by Crippen LogP contribution is 2.33. The molecule has 0 radical (unpaired) electrons. The summed E-state index contributed by atoms with van der Waals surface area (Å²) in [7, 11) is 0. The molecule has 0 bridgehead atoms. The summed E-state index contributed by atoms with van der Waals surface area (Å²) in [4.78, 5) is 4.02. The minimum atomic E-state index is -2.51. The maximum absolute atomic E-state index is 12.7. The van der Waals surface area contributed by atoms with Gasteiger partial charge in [0, 0.05) is 4.47 Å². The molecule has 0 saturated carbocycles. The second-order valence-corrected chi connectivity index (χ2v) is 5.24. The zero-order valence-electron chi connectivity index (χ0n) is 9.89. The third kappa shape index (κ3) is 2.78. The first-order valence-corrected chi connectivity index (χ1v) is 6.12. The van der Waals surface area contributed by atoms with Crippen LogP contribution in [0, 0.1) is 0 Å². The third-order valence-electron chi connectivity index (χ3n) is 2.42. The van der Waals surface area contributed by atoms with Gasteiger partial charge in [0.2, 0.25) is 0 Å². The first-order valence-electron chi connectivity index (χ1n) is 5.33. The van der Waals surface area contributed by atoms with Crippen molar-refractivity contribution in [1.82, 2.24) is 4.98 Å². The van der Waals surface area contributed by atoms with Gasteiger partial charge in [-0.3, -0.25) is 4.98 Å². The maximum Gasteiger partial charge on any atom is 0.280 e. The second kappa shape index (κ2) is 5.21. The Bertz CT molecular complexity index is 346. The molecule has 0 N–H and O–H groups in total. The van der Waals surface area contributed by atoms with E-state index in [2.05, 4.69) is 20.9 Å². The fourth-order valence-corrected chi connectivity index (χ4v) is 2.62. The maximum atomic E-state index is 12.7. The number of aromatic nitrogens is 1. The standard InChI is InChI=1S/C12H16BrF2N/c1-6(2)8-5-9(12(14)15)16-11(7(3)4)10(8)13/h5-7,12H,1-4H3. The van der Waals surface area contributed by atoms with Gasteiger partial charge in [-0.15, -0.1) is 0 Å². The van der Waals surface area contributed by atoms with Gasteiger partial charge in [0.15, 0.2) is 0 Å². The molecule has 0 fully saturated rings. The average Bonchev–Trinajstić information content (AvgIpc) is 2.16. The van der Waals surface area contributed by atoms with Crippen LogP contribution in [0.25, 0.3) is 0 Å². The van der Waals surface area contributed by atoms with E-state index >= 15 is 0 Å². The number of rotatable bonds is 3. The molecule has 0 atom stereocenters. The van der Waals surface area contributed by atoms with Crippen molar-refractivity contribution in [2.75, 3.05) is 0 Å². The summed E-state index contributed by atoms with van der Waals surface area (Å²) in [6.45, 7) is 7.87. The summed E-state index contributed by atoms with van der Waals surface area (Å²) in [5.74, 6) is 0.331. The molecule has 0 spiro atoms. The van der Waals surface area contributed by atoms with E-state index in [1.807, 2.05) is 27.7 Å². The number of pyridine rings is 1. The van der Waals surface area contributed by atoms with Crippen LogP contribution in [0.15, 0.2) is 10.5 Å². The third-order valence-corrected chi connectivity index (χ3v) is 3.29. The van der Waals surface area contributed by atoms with Gasteiger partial charge in [-0.25, -0.2) is 8.78 Å². The first kappa shape index (κ1) is 13.6. The van der Waals surface area contributed by atoms with E-state index in [1.54, 1.807) is 0 Å². The van der Waals surface area contributed by atoms with Crippen LogP contribution in [-0.4, -0.2) is 4.98 Å². The van der Waals surface area contributed by atoms with Crippen molar-refractivity contribution in [2.45, 2.75) is 46.0 Å². The van der Waals surface area contributed by atoms with Gasteiger partial charge in [-0.1, -0.05) is 27.7 Å². The van der Waals surface area contributed by atoms with Gasteiger partial charge in [0.25, 0.3) is 6.43 Å². The highest BCUT2D eigenvalue weighted by molar-refractivity contribution is 9.10. The minimum Gasteiger partial charge on any atom is -0.250 e. The Kier molecular flexibility index (Phi) is 4.42. The summed E-state index contributed by atoms with van der Waals surface area (Å²) in [6, 6.07) is 1.49. The van der Waals surface area contributed by atoms with E-state index in [9.17, 15) is 8.78 Å². The Hall–Kier alpha value is -0.510. The molecule has 1 aromatic rings. The minimum absolute atomic E-state index is 0.129. The molecule has 0 aliphatic heterocycles. The van der Waals surface area contributed by atoms with E-state index < -0.39 is 6.43 Å². The van der Waals surface area contributed by atoms with Crippen molar-refractivity contribution in [3.63, 3.8) is 0 Å². The molecular weight excluding hydrogens is 276 g/mol. The van der Waals surface area contributed by atoms with Crippen LogP contribution < -0.4 is 0 Å². The largest absolute Gasteiger partial charge is 0.280 e.